The Labute approximate surface area is 82.0 Å². The van der Waals surface area contributed by atoms with E-state index in [9.17, 15) is 13.2 Å². The van der Waals surface area contributed by atoms with Crippen LogP contribution in [0.5, 0.6) is 0 Å². The Balaban J connectivity index is 4.02. The molecule has 0 saturated carbocycles. The third kappa shape index (κ3) is 4.51. The second-order valence-electron chi connectivity index (χ2n) is 2.45. The van der Waals surface area contributed by atoms with Crippen LogP contribution in [0.25, 0.3) is 0 Å². The second-order valence-corrected chi connectivity index (χ2v) is 4.41. The molecule has 0 aliphatic rings. The van der Waals surface area contributed by atoms with Crippen molar-refractivity contribution in [3.8, 4) is 0 Å². The zero-order valence-electron chi connectivity index (χ0n) is 7.89. The largest absolute Gasteiger partial charge is 0.480 e. The SMILES string of the molecule is COCCONS(=O)(=O)C(C)C(=O)O. The van der Waals surface area contributed by atoms with E-state index in [1.165, 1.54) is 7.11 Å². The maximum absolute atomic E-state index is 11.1. The highest BCUT2D eigenvalue weighted by molar-refractivity contribution is 7.90. The molecule has 14 heavy (non-hydrogen) atoms. The van der Waals surface area contributed by atoms with Gasteiger partial charge in [-0.25, -0.2) is 8.42 Å². The Morgan fingerprint density at radius 2 is 2.07 bits per heavy atom. The van der Waals surface area contributed by atoms with E-state index in [2.05, 4.69) is 9.57 Å². The molecule has 0 bridgehead atoms. The van der Waals surface area contributed by atoms with Gasteiger partial charge in [0, 0.05) is 7.11 Å². The predicted octanol–water partition coefficient (Wildman–Crippen LogP) is -1.04. The van der Waals surface area contributed by atoms with Crippen molar-refractivity contribution in [2.24, 2.45) is 0 Å². The standard InChI is InChI=1S/C6H13NO6S/c1-5(6(8)9)14(10,11)7-13-4-3-12-2/h5,7H,3-4H2,1-2H3,(H,8,9). The molecular weight excluding hydrogens is 214 g/mol. The van der Waals surface area contributed by atoms with Crippen molar-refractivity contribution in [2.75, 3.05) is 20.3 Å². The summed E-state index contributed by atoms with van der Waals surface area (Å²) in [5, 5.41) is 6.87. The molecule has 0 aliphatic heterocycles. The summed E-state index contributed by atoms with van der Waals surface area (Å²) >= 11 is 0. The van der Waals surface area contributed by atoms with Crippen LogP contribution in [-0.4, -0.2) is 45.1 Å². The number of carboxylic acid groups (broad SMARTS) is 1. The number of carbonyl (C=O) groups is 1. The number of hydrogen-bond donors (Lipinski definition) is 2. The minimum absolute atomic E-state index is 0.0159. The molecule has 0 amide bonds. The molecule has 0 spiro atoms. The monoisotopic (exact) mass is 227 g/mol. The van der Waals surface area contributed by atoms with Gasteiger partial charge in [0.25, 0.3) is 0 Å². The molecule has 0 aromatic heterocycles. The Bertz CT molecular complexity index is 274. The van der Waals surface area contributed by atoms with Crippen LogP contribution in [0.4, 0.5) is 0 Å². The number of sulfonamides is 1. The van der Waals surface area contributed by atoms with Gasteiger partial charge in [-0.15, -0.1) is 0 Å². The first kappa shape index (κ1) is 13.3. The molecule has 0 aliphatic carbocycles. The Morgan fingerprint density at radius 3 is 2.50 bits per heavy atom. The molecule has 1 atom stereocenters. The molecule has 0 aromatic rings. The fourth-order valence-electron chi connectivity index (χ4n) is 0.454. The summed E-state index contributed by atoms with van der Waals surface area (Å²) < 4.78 is 26.7. The fraction of sp³-hybridized carbons (Fsp3) is 0.833. The van der Waals surface area contributed by atoms with Gasteiger partial charge in [0.05, 0.1) is 13.2 Å². The van der Waals surface area contributed by atoms with E-state index < -0.39 is 21.2 Å². The highest BCUT2D eigenvalue weighted by Crippen LogP contribution is 1.97. The van der Waals surface area contributed by atoms with Gasteiger partial charge in [-0.1, -0.05) is 4.89 Å². The van der Waals surface area contributed by atoms with Gasteiger partial charge in [0.2, 0.25) is 10.0 Å². The lowest BCUT2D eigenvalue weighted by Crippen LogP contribution is -2.37. The van der Waals surface area contributed by atoms with E-state index >= 15 is 0 Å². The van der Waals surface area contributed by atoms with Crippen molar-refractivity contribution >= 4 is 16.0 Å². The Hall–Kier alpha value is -0.700. The van der Waals surface area contributed by atoms with Crippen LogP contribution in [0.15, 0.2) is 0 Å². The molecule has 0 rings (SSSR count). The third-order valence-corrected chi connectivity index (χ3v) is 2.86. The van der Waals surface area contributed by atoms with Crippen LogP contribution in [0.2, 0.25) is 0 Å². The van der Waals surface area contributed by atoms with E-state index in [1.54, 1.807) is 4.89 Å². The van der Waals surface area contributed by atoms with Crippen LogP contribution < -0.4 is 4.89 Å². The summed E-state index contributed by atoms with van der Waals surface area (Å²) in [5.74, 6) is -1.44. The zero-order valence-corrected chi connectivity index (χ0v) is 8.70. The van der Waals surface area contributed by atoms with Gasteiger partial charge < -0.3 is 9.84 Å². The number of hydrogen-bond acceptors (Lipinski definition) is 5. The number of rotatable bonds is 7. The molecule has 0 radical (unpaired) electrons. The molecule has 0 heterocycles. The van der Waals surface area contributed by atoms with Crippen molar-refractivity contribution in [2.45, 2.75) is 12.2 Å². The summed E-state index contributed by atoms with van der Waals surface area (Å²) in [5.41, 5.74) is 0. The van der Waals surface area contributed by atoms with E-state index in [0.717, 1.165) is 6.92 Å². The average Bonchev–Trinajstić information content (AvgIpc) is 2.11. The van der Waals surface area contributed by atoms with Gasteiger partial charge in [-0.2, -0.15) is 0 Å². The Kier molecular flexibility index (Phi) is 5.62. The molecule has 2 N–H and O–H groups in total. The van der Waals surface area contributed by atoms with Crippen molar-refractivity contribution < 1.29 is 27.9 Å². The minimum atomic E-state index is -3.97. The molecular formula is C6H13NO6S. The van der Waals surface area contributed by atoms with E-state index in [1.807, 2.05) is 0 Å². The lowest BCUT2D eigenvalue weighted by atomic mass is 10.5. The average molecular weight is 227 g/mol. The Morgan fingerprint density at radius 1 is 1.50 bits per heavy atom. The lowest BCUT2D eigenvalue weighted by molar-refractivity contribution is -0.136. The van der Waals surface area contributed by atoms with Crippen LogP contribution in [-0.2, 0) is 24.4 Å². The van der Waals surface area contributed by atoms with Gasteiger partial charge in [0.1, 0.15) is 0 Å². The molecule has 0 saturated heterocycles. The van der Waals surface area contributed by atoms with Crippen molar-refractivity contribution in [1.29, 1.82) is 0 Å². The third-order valence-electron chi connectivity index (χ3n) is 1.38. The number of methoxy groups -OCH3 is 1. The summed E-state index contributed by atoms with van der Waals surface area (Å²) in [6.45, 7) is 1.27. The minimum Gasteiger partial charge on any atom is -0.480 e. The smallest absolute Gasteiger partial charge is 0.323 e. The van der Waals surface area contributed by atoms with Gasteiger partial charge in [-0.05, 0) is 6.92 Å². The summed E-state index contributed by atoms with van der Waals surface area (Å²) in [7, 11) is -2.54. The van der Waals surface area contributed by atoms with Crippen LogP contribution >= 0.6 is 0 Å². The maximum atomic E-state index is 11.1. The topological polar surface area (TPSA) is 102 Å². The molecule has 84 valence electrons. The summed E-state index contributed by atoms with van der Waals surface area (Å²) in [6.07, 6.45) is 0. The van der Waals surface area contributed by atoms with E-state index in [4.69, 9.17) is 5.11 Å². The lowest BCUT2D eigenvalue weighted by Gasteiger charge is -2.09. The fourth-order valence-corrected chi connectivity index (χ4v) is 1.11. The van der Waals surface area contributed by atoms with Crippen molar-refractivity contribution in [3.05, 3.63) is 0 Å². The zero-order chi connectivity index (χ0) is 11.2. The normalized spacial score (nSPS) is 13.9. The molecule has 1 unspecified atom stereocenters. The van der Waals surface area contributed by atoms with Crippen LogP contribution in [0, 0.1) is 0 Å². The first-order chi connectivity index (χ1) is 6.41. The number of nitrogens with one attached hydrogen (secondary N) is 1. The highest BCUT2D eigenvalue weighted by atomic mass is 32.2. The highest BCUT2D eigenvalue weighted by Gasteiger charge is 2.27. The van der Waals surface area contributed by atoms with Crippen LogP contribution in [0.1, 0.15) is 6.92 Å². The molecule has 0 aromatic carbocycles. The summed E-state index contributed by atoms with van der Waals surface area (Å²) in [6, 6.07) is 0. The maximum Gasteiger partial charge on any atom is 0.323 e. The number of aliphatic carboxylic acids is 1. The molecule has 0 fully saturated rings. The molecule has 8 heteroatoms. The van der Waals surface area contributed by atoms with Crippen molar-refractivity contribution in [3.63, 3.8) is 0 Å². The number of carboxylic acids is 1. The van der Waals surface area contributed by atoms with Gasteiger partial charge >= 0.3 is 5.97 Å². The van der Waals surface area contributed by atoms with Crippen molar-refractivity contribution in [1.82, 2.24) is 4.89 Å². The first-order valence-corrected chi connectivity index (χ1v) is 5.30. The first-order valence-electron chi connectivity index (χ1n) is 3.76. The van der Waals surface area contributed by atoms with E-state index in [-0.39, 0.29) is 13.2 Å². The molecule has 7 nitrogen and oxygen atoms in total. The van der Waals surface area contributed by atoms with Gasteiger partial charge in [-0.3, -0.25) is 9.63 Å². The predicted molar refractivity (Wildman–Crippen MR) is 47.0 cm³/mol. The second kappa shape index (κ2) is 5.91. The number of ether oxygens (including phenoxy) is 1. The van der Waals surface area contributed by atoms with E-state index in [0.29, 0.717) is 0 Å². The van der Waals surface area contributed by atoms with Crippen LogP contribution in [0.3, 0.4) is 0 Å². The quantitative estimate of drug-likeness (QED) is 0.425. The summed E-state index contributed by atoms with van der Waals surface area (Å²) in [4.78, 5) is 16.5. The van der Waals surface area contributed by atoms with Gasteiger partial charge in [0.15, 0.2) is 5.25 Å².